The van der Waals surface area contributed by atoms with Crippen molar-refractivity contribution in [3.63, 3.8) is 0 Å². The fraction of sp³-hybridized carbons (Fsp3) is 0.900. The molecule has 0 radical (unpaired) electrons. The van der Waals surface area contributed by atoms with Gasteiger partial charge in [-0.25, -0.2) is 4.79 Å². The minimum atomic E-state index is -0.850. The molecule has 8 heteroatoms. The summed E-state index contributed by atoms with van der Waals surface area (Å²) in [4.78, 5) is 11.8. The van der Waals surface area contributed by atoms with Crippen LogP contribution in [0.25, 0.3) is 0 Å². The molecule has 0 spiro atoms. The van der Waals surface area contributed by atoms with Crippen LogP contribution in [0.4, 0.5) is 0 Å². The minimum absolute atomic E-state index is 0.0464. The van der Waals surface area contributed by atoms with E-state index in [0.29, 0.717) is 31.8 Å². The highest BCUT2D eigenvalue weighted by molar-refractivity contribution is 5.85. The second kappa shape index (κ2) is 9.52. The Morgan fingerprint density at radius 3 is 2.58 bits per heavy atom. The highest BCUT2D eigenvalue weighted by Gasteiger charge is 2.70. The van der Waals surface area contributed by atoms with Gasteiger partial charge in [-0.1, -0.05) is 13.8 Å². The van der Waals surface area contributed by atoms with Crippen molar-refractivity contribution in [1.29, 1.82) is 0 Å². The fourth-order valence-corrected chi connectivity index (χ4v) is 10.1. The number of methoxy groups -OCH3 is 1. The lowest BCUT2D eigenvalue weighted by molar-refractivity contribution is -0.278. The molecule has 2 aliphatic heterocycles. The Morgan fingerprint density at radius 1 is 1.08 bits per heavy atom. The number of rotatable bonds is 4. The van der Waals surface area contributed by atoms with Crippen molar-refractivity contribution < 1.29 is 39.1 Å². The Hall–Kier alpha value is -1.03. The maximum absolute atomic E-state index is 12.4. The molecule has 8 nitrogen and oxygen atoms in total. The van der Waals surface area contributed by atoms with Crippen LogP contribution in [0.2, 0.25) is 0 Å². The highest BCUT2D eigenvalue weighted by Crippen LogP contribution is 2.70. The number of esters is 1. The van der Waals surface area contributed by atoms with Gasteiger partial charge < -0.3 is 34.3 Å². The fourth-order valence-electron chi connectivity index (χ4n) is 10.1. The van der Waals surface area contributed by atoms with Gasteiger partial charge in [-0.05, 0) is 93.0 Å². The van der Waals surface area contributed by atoms with E-state index < -0.39 is 23.2 Å². The SMILES string of the molecule is CO[C@H]1CC(O[C@H]2CC[C@@]3(C)[C@H](CC[C@@H]4[C@@H]3[C@H](O)C[C@]3(C)[C@@H](C5=CC(=O)OC5)CC[C@]43O)C2)O[C@@H](C)[C@@H]1O. The number of carbonyl (C=O) groups is 1. The normalized spacial score (nSPS) is 54.5. The van der Waals surface area contributed by atoms with Crippen molar-refractivity contribution in [2.45, 2.75) is 121 Å². The number of hydrogen-bond donors (Lipinski definition) is 3. The van der Waals surface area contributed by atoms with Crippen LogP contribution < -0.4 is 0 Å². The zero-order valence-corrected chi connectivity index (χ0v) is 23.3. The number of ether oxygens (including phenoxy) is 4. The summed E-state index contributed by atoms with van der Waals surface area (Å²) in [5, 5.41) is 34.5. The number of fused-ring (bicyclic) bond motifs is 5. The van der Waals surface area contributed by atoms with Crippen LogP contribution in [0.3, 0.4) is 0 Å². The second-order valence-electron chi connectivity index (χ2n) is 13.7. The first kappa shape index (κ1) is 27.2. The van der Waals surface area contributed by atoms with Crippen molar-refractivity contribution in [2.24, 2.45) is 34.5 Å². The predicted octanol–water partition coefficient (Wildman–Crippen LogP) is 3.11. The first-order chi connectivity index (χ1) is 18.0. The number of hydrogen-bond acceptors (Lipinski definition) is 8. The third kappa shape index (κ3) is 3.96. The third-order valence-electron chi connectivity index (χ3n) is 12.2. The van der Waals surface area contributed by atoms with Crippen LogP contribution in [-0.4, -0.2) is 77.4 Å². The van der Waals surface area contributed by atoms with E-state index in [2.05, 4.69) is 13.8 Å². The van der Waals surface area contributed by atoms with Gasteiger partial charge in [0.2, 0.25) is 0 Å². The van der Waals surface area contributed by atoms with Crippen LogP contribution in [0, 0.1) is 34.5 Å². The van der Waals surface area contributed by atoms with Gasteiger partial charge in [0.15, 0.2) is 6.29 Å². The molecule has 6 rings (SSSR count). The standard InChI is InChI=1S/C30H46O8/c1-16-27(33)23(35-4)13-25(37-16)38-19-7-9-28(2)18(12-19)5-6-21-26(28)22(31)14-29(3)20(8-10-30(21,29)34)17-11-24(32)36-15-17/h11,16,18-23,25-27,31,33-34H,5-10,12-15H2,1-4H3/t16-,18+,19-,20+,21+,22+,23-,25?,26+,27-,28-,29+,30-/m0/s1. The van der Waals surface area contributed by atoms with Gasteiger partial charge in [0.25, 0.3) is 0 Å². The molecule has 38 heavy (non-hydrogen) atoms. The summed E-state index contributed by atoms with van der Waals surface area (Å²) in [7, 11) is 1.62. The molecule has 0 aromatic heterocycles. The Balaban J connectivity index is 1.18. The molecular formula is C30H46O8. The molecule has 0 amide bonds. The van der Waals surface area contributed by atoms with Gasteiger partial charge in [-0.15, -0.1) is 0 Å². The molecule has 1 saturated heterocycles. The average molecular weight is 535 g/mol. The van der Waals surface area contributed by atoms with Crippen LogP contribution >= 0.6 is 0 Å². The van der Waals surface area contributed by atoms with Crippen LogP contribution in [-0.2, 0) is 23.7 Å². The Morgan fingerprint density at radius 2 is 1.87 bits per heavy atom. The van der Waals surface area contributed by atoms with Gasteiger partial charge in [-0.3, -0.25) is 0 Å². The summed E-state index contributed by atoms with van der Waals surface area (Å²) in [5.41, 5.74) is -0.389. The molecule has 5 fully saturated rings. The Bertz CT molecular complexity index is 968. The lowest BCUT2D eigenvalue weighted by Gasteiger charge is -2.65. The van der Waals surface area contributed by atoms with Gasteiger partial charge in [0, 0.05) is 25.0 Å². The van der Waals surface area contributed by atoms with E-state index in [9.17, 15) is 20.1 Å². The molecule has 1 unspecified atom stereocenters. The maximum Gasteiger partial charge on any atom is 0.331 e. The first-order valence-corrected chi connectivity index (χ1v) is 14.8. The smallest absolute Gasteiger partial charge is 0.331 e. The van der Waals surface area contributed by atoms with Crippen molar-refractivity contribution in [3.05, 3.63) is 11.6 Å². The summed E-state index contributed by atoms with van der Waals surface area (Å²) in [6.07, 6.45) is 6.83. The van der Waals surface area contributed by atoms with Crippen molar-refractivity contribution in [1.82, 2.24) is 0 Å². The average Bonchev–Trinajstić information content (AvgIpc) is 3.41. The van der Waals surface area contributed by atoms with Crippen LogP contribution in [0.5, 0.6) is 0 Å². The maximum atomic E-state index is 12.4. The van der Waals surface area contributed by atoms with E-state index in [1.54, 1.807) is 13.2 Å². The van der Waals surface area contributed by atoms with Gasteiger partial charge >= 0.3 is 5.97 Å². The lowest BCUT2D eigenvalue weighted by atomic mass is 9.42. The molecule has 13 atom stereocenters. The molecule has 6 aliphatic rings. The van der Waals surface area contributed by atoms with Crippen molar-refractivity contribution >= 4 is 5.97 Å². The Kier molecular flexibility index (Phi) is 6.80. The van der Waals surface area contributed by atoms with E-state index in [4.69, 9.17) is 18.9 Å². The minimum Gasteiger partial charge on any atom is -0.458 e. The van der Waals surface area contributed by atoms with E-state index >= 15 is 0 Å². The molecule has 0 bridgehead atoms. The van der Waals surface area contributed by atoms with Crippen molar-refractivity contribution in [2.75, 3.05) is 13.7 Å². The van der Waals surface area contributed by atoms with E-state index in [1.807, 2.05) is 6.92 Å². The van der Waals surface area contributed by atoms with Gasteiger partial charge in [0.1, 0.15) is 12.7 Å². The number of cyclic esters (lactones) is 1. The number of aliphatic hydroxyl groups is 3. The molecule has 0 aromatic carbocycles. The number of carbonyl (C=O) groups excluding carboxylic acids is 1. The summed E-state index contributed by atoms with van der Waals surface area (Å²) in [5.74, 6) is 0.285. The quantitative estimate of drug-likeness (QED) is 0.372. The van der Waals surface area contributed by atoms with Gasteiger partial charge in [-0.2, -0.15) is 0 Å². The molecule has 0 aromatic rings. The molecule has 214 valence electrons. The highest BCUT2D eigenvalue weighted by atomic mass is 16.7. The van der Waals surface area contributed by atoms with E-state index in [0.717, 1.165) is 44.1 Å². The largest absolute Gasteiger partial charge is 0.458 e. The third-order valence-corrected chi connectivity index (χ3v) is 12.2. The topological polar surface area (TPSA) is 115 Å². The summed E-state index contributed by atoms with van der Waals surface area (Å²) >= 11 is 0. The van der Waals surface area contributed by atoms with Crippen LogP contribution in [0.1, 0.15) is 78.6 Å². The van der Waals surface area contributed by atoms with E-state index in [1.165, 1.54) is 0 Å². The second-order valence-corrected chi connectivity index (χ2v) is 13.7. The monoisotopic (exact) mass is 534 g/mol. The summed E-state index contributed by atoms with van der Waals surface area (Å²) in [6, 6.07) is 0. The van der Waals surface area contributed by atoms with E-state index in [-0.39, 0.29) is 53.7 Å². The molecular weight excluding hydrogens is 488 g/mol. The molecule has 2 heterocycles. The first-order valence-electron chi connectivity index (χ1n) is 14.8. The lowest BCUT2D eigenvalue weighted by Crippen LogP contribution is -2.66. The predicted molar refractivity (Wildman–Crippen MR) is 138 cm³/mol. The molecule has 4 saturated carbocycles. The van der Waals surface area contributed by atoms with Crippen LogP contribution in [0.15, 0.2) is 11.6 Å². The molecule has 4 aliphatic carbocycles. The Labute approximate surface area is 226 Å². The number of aliphatic hydroxyl groups excluding tert-OH is 2. The zero-order valence-electron chi connectivity index (χ0n) is 23.3. The molecule has 3 N–H and O–H groups in total. The summed E-state index contributed by atoms with van der Waals surface area (Å²) < 4.78 is 23.1. The summed E-state index contributed by atoms with van der Waals surface area (Å²) in [6.45, 7) is 6.65. The zero-order chi connectivity index (χ0) is 27.0. The van der Waals surface area contributed by atoms with Gasteiger partial charge in [0.05, 0.1) is 30.0 Å². The van der Waals surface area contributed by atoms with Crippen molar-refractivity contribution in [3.8, 4) is 0 Å².